The average Bonchev–Trinajstić information content (AvgIpc) is 2.52. The van der Waals surface area contributed by atoms with Gasteiger partial charge in [0.05, 0.1) is 0 Å². The highest BCUT2D eigenvalue weighted by atomic mass is 35.5. The van der Waals surface area contributed by atoms with Crippen molar-refractivity contribution in [3.63, 3.8) is 0 Å². The zero-order valence-corrected chi connectivity index (χ0v) is 14.0. The van der Waals surface area contributed by atoms with Crippen LogP contribution < -0.4 is 10.0 Å². The third-order valence-corrected chi connectivity index (χ3v) is 5.35. The molecule has 0 spiro atoms. The molecule has 2 aromatic carbocycles. The van der Waals surface area contributed by atoms with E-state index in [0.29, 0.717) is 28.3 Å². The Morgan fingerprint density at radius 1 is 1.21 bits per heavy atom. The molecule has 1 amide bonds. The Balaban J connectivity index is 1.85. The molecule has 0 bridgehead atoms. The lowest BCUT2D eigenvalue weighted by Gasteiger charge is -2.18. The zero-order valence-electron chi connectivity index (χ0n) is 12.5. The van der Waals surface area contributed by atoms with Crippen LogP contribution in [0.1, 0.15) is 17.5 Å². The van der Waals surface area contributed by atoms with E-state index in [9.17, 15) is 17.6 Å². The summed E-state index contributed by atoms with van der Waals surface area (Å²) in [5, 5.41) is 3.02. The number of amides is 1. The van der Waals surface area contributed by atoms with Crippen LogP contribution in [0.3, 0.4) is 0 Å². The number of fused-ring (bicyclic) bond motifs is 1. The summed E-state index contributed by atoms with van der Waals surface area (Å²) in [6, 6.07) is 9.03. The van der Waals surface area contributed by atoms with Crippen LogP contribution in [0.2, 0.25) is 5.02 Å². The van der Waals surface area contributed by atoms with Gasteiger partial charge in [-0.2, -0.15) is 0 Å². The van der Waals surface area contributed by atoms with Crippen LogP contribution in [0.5, 0.6) is 0 Å². The first-order valence-electron chi connectivity index (χ1n) is 7.21. The molecule has 5 nitrogen and oxygen atoms in total. The number of carbonyl (C=O) groups excluding carboxylic acids is 1. The van der Waals surface area contributed by atoms with E-state index in [2.05, 4.69) is 10.0 Å². The fourth-order valence-electron chi connectivity index (χ4n) is 2.49. The lowest BCUT2D eigenvalue weighted by Crippen LogP contribution is -2.25. The normalized spacial score (nSPS) is 14.2. The van der Waals surface area contributed by atoms with Gasteiger partial charge in [-0.1, -0.05) is 23.7 Å². The van der Waals surface area contributed by atoms with E-state index < -0.39 is 20.7 Å². The lowest BCUT2D eigenvalue weighted by atomic mass is 10.0. The van der Waals surface area contributed by atoms with E-state index >= 15 is 0 Å². The third kappa shape index (κ3) is 3.58. The van der Waals surface area contributed by atoms with Crippen LogP contribution in [-0.4, -0.2) is 14.3 Å². The largest absolute Gasteiger partial charge is 0.326 e. The van der Waals surface area contributed by atoms with Gasteiger partial charge >= 0.3 is 0 Å². The molecular formula is C16H14ClFN2O3S. The molecule has 0 atom stereocenters. The van der Waals surface area contributed by atoms with Crippen LogP contribution in [0.4, 0.5) is 10.1 Å². The van der Waals surface area contributed by atoms with Gasteiger partial charge in [-0.25, -0.2) is 17.5 Å². The van der Waals surface area contributed by atoms with Crippen molar-refractivity contribution in [3.8, 4) is 0 Å². The van der Waals surface area contributed by atoms with E-state index in [1.807, 2.05) is 0 Å². The van der Waals surface area contributed by atoms with Gasteiger partial charge in [0.15, 0.2) is 0 Å². The van der Waals surface area contributed by atoms with Gasteiger partial charge < -0.3 is 5.32 Å². The van der Waals surface area contributed by atoms with E-state index in [1.54, 1.807) is 24.3 Å². The molecule has 3 rings (SSSR count). The molecule has 0 aromatic heterocycles. The molecule has 2 aromatic rings. The molecule has 0 saturated heterocycles. The zero-order chi connectivity index (χ0) is 17.3. The van der Waals surface area contributed by atoms with E-state index in [-0.39, 0.29) is 18.9 Å². The van der Waals surface area contributed by atoms with Crippen molar-refractivity contribution >= 4 is 33.2 Å². The number of nitrogens with one attached hydrogen (secondary N) is 2. The molecule has 0 aliphatic carbocycles. The van der Waals surface area contributed by atoms with Gasteiger partial charge in [0.1, 0.15) is 10.7 Å². The van der Waals surface area contributed by atoms with Crippen molar-refractivity contribution < 1.29 is 17.6 Å². The van der Waals surface area contributed by atoms with Gasteiger partial charge in [-0.15, -0.1) is 0 Å². The second-order valence-electron chi connectivity index (χ2n) is 5.44. The molecule has 1 aliphatic rings. The maximum atomic E-state index is 14.2. The summed E-state index contributed by atoms with van der Waals surface area (Å²) in [5.74, 6) is -1.12. The Labute approximate surface area is 143 Å². The average molecular weight is 369 g/mol. The first kappa shape index (κ1) is 16.9. The first-order chi connectivity index (χ1) is 11.3. The number of sulfonamides is 1. The Morgan fingerprint density at radius 2 is 2.00 bits per heavy atom. The summed E-state index contributed by atoms with van der Waals surface area (Å²) in [4.78, 5) is 10.9. The summed E-state index contributed by atoms with van der Waals surface area (Å²) in [5.41, 5.74) is 1.58. The Morgan fingerprint density at radius 3 is 2.75 bits per heavy atom. The topological polar surface area (TPSA) is 75.3 Å². The predicted molar refractivity (Wildman–Crippen MR) is 88.8 cm³/mol. The lowest BCUT2D eigenvalue weighted by molar-refractivity contribution is -0.116. The molecule has 0 unspecified atom stereocenters. The number of aryl methyl sites for hydroxylation is 1. The van der Waals surface area contributed by atoms with Crippen LogP contribution >= 0.6 is 11.6 Å². The van der Waals surface area contributed by atoms with Crippen LogP contribution in [0.15, 0.2) is 41.3 Å². The number of hydrogen-bond donors (Lipinski definition) is 2. The van der Waals surface area contributed by atoms with Gasteiger partial charge in [-0.05, 0) is 41.8 Å². The highest BCUT2D eigenvalue weighted by Gasteiger charge is 2.24. The summed E-state index contributed by atoms with van der Waals surface area (Å²) in [6.45, 7) is -0.00382. The van der Waals surface area contributed by atoms with Crippen LogP contribution in [-0.2, 0) is 27.8 Å². The summed E-state index contributed by atoms with van der Waals surface area (Å²) in [6.07, 6.45) is 0.617. The monoisotopic (exact) mass is 368 g/mol. The Bertz CT molecular complexity index is 916. The minimum absolute atomic E-state index is 0.00382. The fourth-order valence-corrected chi connectivity index (χ4v) is 3.83. The van der Waals surface area contributed by atoms with Gasteiger partial charge in [-0.3, -0.25) is 4.79 Å². The van der Waals surface area contributed by atoms with Crippen LogP contribution in [0.25, 0.3) is 0 Å². The number of hydrogen-bond acceptors (Lipinski definition) is 3. The molecule has 1 heterocycles. The number of benzene rings is 2. The van der Waals surface area contributed by atoms with Gasteiger partial charge in [0.25, 0.3) is 0 Å². The van der Waals surface area contributed by atoms with E-state index in [0.717, 1.165) is 6.07 Å². The molecule has 126 valence electrons. The molecule has 0 saturated carbocycles. The maximum absolute atomic E-state index is 14.2. The second-order valence-corrected chi connectivity index (χ2v) is 7.61. The smallest absolute Gasteiger partial charge is 0.243 e. The molecular weight excluding hydrogens is 355 g/mol. The number of anilines is 1. The molecule has 24 heavy (non-hydrogen) atoms. The molecule has 8 heteroatoms. The third-order valence-electron chi connectivity index (χ3n) is 3.70. The first-order valence-corrected chi connectivity index (χ1v) is 9.08. The van der Waals surface area contributed by atoms with Crippen molar-refractivity contribution in [2.24, 2.45) is 0 Å². The minimum atomic E-state index is -4.03. The summed E-state index contributed by atoms with van der Waals surface area (Å²) in [7, 11) is -4.03. The number of carbonyl (C=O) groups is 1. The molecule has 0 fully saturated rings. The fraction of sp³-hybridized carbons (Fsp3) is 0.188. The van der Waals surface area contributed by atoms with Crippen LogP contribution in [0, 0.1) is 5.82 Å². The van der Waals surface area contributed by atoms with Gasteiger partial charge in [0.2, 0.25) is 15.9 Å². The molecule has 1 aliphatic heterocycles. The number of halogens is 2. The van der Waals surface area contributed by atoms with Gasteiger partial charge in [0, 0.05) is 23.7 Å². The molecule has 2 N–H and O–H groups in total. The Kier molecular flexibility index (Phi) is 4.58. The number of rotatable bonds is 4. The maximum Gasteiger partial charge on any atom is 0.243 e. The molecule has 0 radical (unpaired) electrons. The van der Waals surface area contributed by atoms with Crippen molar-refractivity contribution in [3.05, 3.63) is 58.4 Å². The highest BCUT2D eigenvalue weighted by Crippen LogP contribution is 2.28. The highest BCUT2D eigenvalue weighted by molar-refractivity contribution is 7.89. The van der Waals surface area contributed by atoms with Crippen molar-refractivity contribution in [2.75, 3.05) is 5.32 Å². The van der Waals surface area contributed by atoms with E-state index in [1.165, 1.54) is 6.07 Å². The summed E-state index contributed by atoms with van der Waals surface area (Å²) < 4.78 is 41.3. The predicted octanol–water partition coefficient (Wildman–Crippen LogP) is 2.84. The minimum Gasteiger partial charge on any atom is -0.326 e. The van der Waals surface area contributed by atoms with Crippen molar-refractivity contribution in [1.29, 1.82) is 0 Å². The quantitative estimate of drug-likeness (QED) is 0.871. The summed E-state index contributed by atoms with van der Waals surface area (Å²) >= 11 is 5.86. The second kappa shape index (κ2) is 6.51. The van der Waals surface area contributed by atoms with Crippen molar-refractivity contribution in [1.82, 2.24) is 4.72 Å². The van der Waals surface area contributed by atoms with E-state index in [4.69, 9.17) is 11.6 Å². The SMILES string of the molecule is O=C1CCc2cc(S(=O)(=O)NCc3cccc(Cl)c3)c(F)cc2N1. The Hall–Kier alpha value is -1.96. The standard InChI is InChI=1S/C16H14ClFN2O3S/c17-12-3-1-2-10(6-12)9-19-24(22,23)15-7-11-4-5-16(21)20-14(11)8-13(15)18/h1-3,6-8,19H,4-5,9H2,(H,20,21). The van der Waals surface area contributed by atoms with Crippen molar-refractivity contribution in [2.45, 2.75) is 24.3 Å².